The van der Waals surface area contributed by atoms with E-state index in [1.165, 1.54) is 5.56 Å². The van der Waals surface area contributed by atoms with E-state index < -0.39 is 0 Å². The van der Waals surface area contributed by atoms with Crippen LogP contribution >= 0.6 is 15.9 Å². The van der Waals surface area contributed by atoms with E-state index in [-0.39, 0.29) is 0 Å². The number of nitrogens with zero attached hydrogens (tertiary/aromatic N) is 2. The van der Waals surface area contributed by atoms with Crippen molar-refractivity contribution in [2.75, 3.05) is 17.7 Å². The number of halogens is 1. The minimum absolute atomic E-state index is 0.611. The van der Waals surface area contributed by atoms with Crippen LogP contribution in [0, 0.1) is 0 Å². The minimum Gasteiger partial charge on any atom is -0.365 e. The Balaban J connectivity index is 1.97. The number of aromatic nitrogens is 2. The van der Waals surface area contributed by atoms with E-state index in [1.807, 2.05) is 43.4 Å². The Morgan fingerprint density at radius 2 is 1.86 bits per heavy atom. The summed E-state index contributed by atoms with van der Waals surface area (Å²) in [6, 6.07) is 16.2. The molecule has 3 aromatic rings. The van der Waals surface area contributed by atoms with Crippen molar-refractivity contribution in [1.82, 2.24) is 9.97 Å². The minimum atomic E-state index is 0.611. The van der Waals surface area contributed by atoms with Gasteiger partial charge in [-0.3, -0.25) is 0 Å². The summed E-state index contributed by atoms with van der Waals surface area (Å²) < 4.78 is 1.01. The number of fused-ring (bicyclic) bond motifs is 1. The molecule has 3 rings (SSSR count). The zero-order chi connectivity index (χ0) is 14.7. The fourth-order valence-corrected chi connectivity index (χ4v) is 2.49. The second kappa shape index (κ2) is 6.10. The SMILES string of the molecule is CNc1nc(NCc2ccccc2)c2cc(Br)ccc2n1. The van der Waals surface area contributed by atoms with Gasteiger partial charge in [-0.25, -0.2) is 4.98 Å². The Morgan fingerprint density at radius 3 is 2.62 bits per heavy atom. The van der Waals surface area contributed by atoms with Gasteiger partial charge in [-0.2, -0.15) is 4.98 Å². The van der Waals surface area contributed by atoms with E-state index in [4.69, 9.17) is 0 Å². The highest BCUT2D eigenvalue weighted by atomic mass is 79.9. The molecule has 0 radical (unpaired) electrons. The zero-order valence-electron chi connectivity index (χ0n) is 11.6. The number of hydrogen-bond donors (Lipinski definition) is 2. The van der Waals surface area contributed by atoms with Crippen LogP contribution in [0.5, 0.6) is 0 Å². The van der Waals surface area contributed by atoms with Gasteiger partial charge in [0.2, 0.25) is 5.95 Å². The first-order chi connectivity index (χ1) is 10.3. The number of rotatable bonds is 4. The maximum absolute atomic E-state index is 4.52. The van der Waals surface area contributed by atoms with Gasteiger partial charge in [-0.15, -0.1) is 0 Å². The first-order valence-corrected chi connectivity index (χ1v) is 7.48. The third-order valence-electron chi connectivity index (χ3n) is 3.18. The van der Waals surface area contributed by atoms with E-state index in [2.05, 4.69) is 48.7 Å². The highest BCUT2D eigenvalue weighted by molar-refractivity contribution is 9.10. The van der Waals surface area contributed by atoms with Crippen LogP contribution in [0.1, 0.15) is 5.56 Å². The molecule has 0 aliphatic carbocycles. The van der Waals surface area contributed by atoms with Crippen molar-refractivity contribution in [3.8, 4) is 0 Å². The number of hydrogen-bond acceptors (Lipinski definition) is 4. The smallest absolute Gasteiger partial charge is 0.224 e. The van der Waals surface area contributed by atoms with Gasteiger partial charge in [0.05, 0.1) is 5.52 Å². The van der Waals surface area contributed by atoms with E-state index >= 15 is 0 Å². The quantitative estimate of drug-likeness (QED) is 0.751. The molecule has 106 valence electrons. The van der Waals surface area contributed by atoms with Crippen LogP contribution in [0.15, 0.2) is 53.0 Å². The Bertz CT molecular complexity index is 759. The van der Waals surface area contributed by atoms with Crippen LogP contribution < -0.4 is 10.6 Å². The lowest BCUT2D eigenvalue weighted by molar-refractivity contribution is 1.10. The molecule has 0 unspecified atom stereocenters. The fraction of sp³-hybridized carbons (Fsp3) is 0.125. The molecule has 0 saturated carbocycles. The topological polar surface area (TPSA) is 49.8 Å². The zero-order valence-corrected chi connectivity index (χ0v) is 13.2. The summed E-state index contributed by atoms with van der Waals surface area (Å²) in [4.78, 5) is 8.99. The molecule has 0 bridgehead atoms. The van der Waals surface area contributed by atoms with Crippen LogP contribution in [0.25, 0.3) is 10.9 Å². The van der Waals surface area contributed by atoms with Gasteiger partial charge < -0.3 is 10.6 Å². The Labute approximate surface area is 131 Å². The summed E-state index contributed by atoms with van der Waals surface area (Å²) >= 11 is 3.50. The molecule has 0 amide bonds. The van der Waals surface area contributed by atoms with Gasteiger partial charge >= 0.3 is 0 Å². The molecule has 1 aromatic heterocycles. The van der Waals surface area contributed by atoms with Crippen LogP contribution in [0.3, 0.4) is 0 Å². The first kappa shape index (κ1) is 13.8. The molecule has 0 aliphatic heterocycles. The van der Waals surface area contributed by atoms with Crippen LogP contribution in [-0.4, -0.2) is 17.0 Å². The summed E-state index contributed by atoms with van der Waals surface area (Å²) in [5.74, 6) is 1.44. The predicted octanol–water partition coefficient (Wildman–Crippen LogP) is 4.05. The number of benzene rings is 2. The van der Waals surface area contributed by atoms with Crippen molar-refractivity contribution in [1.29, 1.82) is 0 Å². The summed E-state index contributed by atoms with van der Waals surface area (Å²) in [5.41, 5.74) is 2.12. The Kier molecular flexibility index (Phi) is 4.01. The monoisotopic (exact) mass is 342 g/mol. The van der Waals surface area contributed by atoms with Crippen LogP contribution in [0.4, 0.5) is 11.8 Å². The maximum atomic E-state index is 4.52. The molecule has 21 heavy (non-hydrogen) atoms. The average molecular weight is 343 g/mol. The molecule has 0 spiro atoms. The summed E-state index contributed by atoms with van der Waals surface area (Å²) in [7, 11) is 1.82. The standard InChI is InChI=1S/C16H15BrN4/c1-18-16-20-14-8-7-12(17)9-13(14)15(21-16)19-10-11-5-3-2-4-6-11/h2-9H,10H2,1H3,(H2,18,19,20,21). The second-order valence-electron chi connectivity index (χ2n) is 4.65. The lowest BCUT2D eigenvalue weighted by atomic mass is 10.2. The third kappa shape index (κ3) is 3.13. The summed E-state index contributed by atoms with van der Waals surface area (Å²) in [6.07, 6.45) is 0. The van der Waals surface area contributed by atoms with E-state index in [0.717, 1.165) is 27.7 Å². The first-order valence-electron chi connectivity index (χ1n) is 6.69. The van der Waals surface area contributed by atoms with Crippen molar-refractivity contribution in [3.05, 3.63) is 58.6 Å². The van der Waals surface area contributed by atoms with Crippen molar-refractivity contribution >= 4 is 38.6 Å². The van der Waals surface area contributed by atoms with Gasteiger partial charge in [-0.05, 0) is 23.8 Å². The molecule has 0 aliphatic rings. The van der Waals surface area contributed by atoms with Crippen molar-refractivity contribution in [2.24, 2.45) is 0 Å². The van der Waals surface area contributed by atoms with Gasteiger partial charge in [0.15, 0.2) is 0 Å². The normalized spacial score (nSPS) is 10.6. The molecule has 2 aromatic carbocycles. The van der Waals surface area contributed by atoms with Crippen molar-refractivity contribution in [3.63, 3.8) is 0 Å². The molecular weight excluding hydrogens is 328 g/mol. The van der Waals surface area contributed by atoms with E-state index in [0.29, 0.717) is 5.95 Å². The third-order valence-corrected chi connectivity index (χ3v) is 3.68. The van der Waals surface area contributed by atoms with Gasteiger partial charge in [0.1, 0.15) is 5.82 Å². The largest absolute Gasteiger partial charge is 0.365 e. The fourth-order valence-electron chi connectivity index (χ4n) is 2.13. The molecule has 1 heterocycles. The Hall–Kier alpha value is -2.14. The highest BCUT2D eigenvalue weighted by Crippen LogP contribution is 2.25. The summed E-state index contributed by atoms with van der Waals surface area (Å²) in [5, 5.41) is 7.39. The molecular formula is C16H15BrN4. The van der Waals surface area contributed by atoms with E-state index in [9.17, 15) is 0 Å². The molecule has 4 nitrogen and oxygen atoms in total. The molecule has 0 saturated heterocycles. The van der Waals surface area contributed by atoms with Gasteiger partial charge in [0.25, 0.3) is 0 Å². The predicted molar refractivity (Wildman–Crippen MR) is 90.6 cm³/mol. The van der Waals surface area contributed by atoms with Crippen LogP contribution in [-0.2, 0) is 6.54 Å². The lowest BCUT2D eigenvalue weighted by Crippen LogP contribution is -2.05. The molecule has 0 atom stereocenters. The lowest BCUT2D eigenvalue weighted by Gasteiger charge is -2.11. The highest BCUT2D eigenvalue weighted by Gasteiger charge is 2.07. The second-order valence-corrected chi connectivity index (χ2v) is 5.56. The number of anilines is 2. The maximum Gasteiger partial charge on any atom is 0.224 e. The summed E-state index contributed by atoms with van der Waals surface area (Å²) in [6.45, 7) is 0.725. The van der Waals surface area contributed by atoms with Crippen molar-refractivity contribution < 1.29 is 0 Å². The van der Waals surface area contributed by atoms with E-state index in [1.54, 1.807) is 0 Å². The average Bonchev–Trinajstić information content (AvgIpc) is 2.53. The molecule has 2 N–H and O–H groups in total. The molecule has 0 fully saturated rings. The van der Waals surface area contributed by atoms with Crippen molar-refractivity contribution in [2.45, 2.75) is 6.54 Å². The Morgan fingerprint density at radius 1 is 1.05 bits per heavy atom. The van der Waals surface area contributed by atoms with Gasteiger partial charge in [0, 0.05) is 23.5 Å². The van der Waals surface area contributed by atoms with Crippen LogP contribution in [0.2, 0.25) is 0 Å². The number of nitrogens with one attached hydrogen (secondary N) is 2. The van der Waals surface area contributed by atoms with Gasteiger partial charge in [-0.1, -0.05) is 46.3 Å². The molecule has 5 heteroatoms.